The topological polar surface area (TPSA) is 228 Å². The van der Waals surface area contributed by atoms with Gasteiger partial charge in [-0.15, -0.1) is 0 Å². The number of piperidine rings is 1. The number of hydrogen-bond acceptors (Lipinski definition) is 17. The van der Waals surface area contributed by atoms with Crippen LogP contribution >= 0.6 is 0 Å². The van der Waals surface area contributed by atoms with E-state index in [-0.39, 0.29) is 76.7 Å². The molecule has 8 aliphatic rings. The minimum atomic E-state index is -4.73. The number of H-pyrrole nitrogens is 1. The van der Waals surface area contributed by atoms with Crippen molar-refractivity contribution in [2.24, 2.45) is 18.4 Å². The summed E-state index contributed by atoms with van der Waals surface area (Å²) in [6, 6.07) is 20.7. The first-order valence-corrected chi connectivity index (χ1v) is 32.1. The number of hydrogen-bond donors (Lipinski definition) is 3. The number of nitrogens with one attached hydrogen (secondary N) is 3. The molecule has 0 unspecified atom stereocenters. The standard InChI is InChI=1S/C64H76N10O11S/c1-38-8-6-7-9-45(38)53-35-71(39(2)47-34-69(5)62(76)58-56(47)63(3,4)18-27-83-58)22-23-72(53)43-32-64(33-43)16-20-70(21-17-64)42-10-11-46(50(29-42)73-49-15-26-82-37-55(49)85-61-52(73)28-41-12-19-65-59(41)67-61)60(75)68-86(79,80)44-30-51(74(77)78)57-54(31-44)84-36-48(66-57)40-13-24-81-25-14-40/h6-12,19,28-31,34,39-40,43,48-49,53,55,66H,13-18,20-27,32-33,35-37H2,1-5H3,(H,65,67)(H,68,75)/t39-,48-,49-,53-,55-/m0/s1. The van der Waals surface area contributed by atoms with E-state index in [0.29, 0.717) is 67.5 Å². The summed E-state index contributed by atoms with van der Waals surface area (Å²) in [5.41, 5.74) is 7.12. The van der Waals surface area contributed by atoms with E-state index in [4.69, 9.17) is 28.7 Å². The molecule has 1 aliphatic carbocycles. The Morgan fingerprint density at radius 2 is 1.70 bits per heavy atom. The Labute approximate surface area is 500 Å². The number of aromatic nitrogens is 3. The van der Waals surface area contributed by atoms with Gasteiger partial charge in [0.2, 0.25) is 5.88 Å². The van der Waals surface area contributed by atoms with E-state index in [1.54, 1.807) is 10.6 Å². The summed E-state index contributed by atoms with van der Waals surface area (Å²) in [5, 5.41) is 16.7. The summed E-state index contributed by atoms with van der Waals surface area (Å²) in [5.74, 6) is 0.132. The van der Waals surface area contributed by atoms with E-state index in [0.717, 1.165) is 106 Å². The van der Waals surface area contributed by atoms with E-state index < -0.39 is 37.5 Å². The van der Waals surface area contributed by atoms with Gasteiger partial charge in [-0.25, -0.2) is 13.1 Å². The van der Waals surface area contributed by atoms with E-state index in [1.165, 1.54) is 17.2 Å². The van der Waals surface area contributed by atoms with Crippen LogP contribution in [0.2, 0.25) is 0 Å². The first kappa shape index (κ1) is 56.6. The van der Waals surface area contributed by atoms with E-state index in [2.05, 4.69) is 86.6 Å². The predicted octanol–water partition coefficient (Wildman–Crippen LogP) is 8.81. The fourth-order valence-electron chi connectivity index (χ4n) is 15.5. The lowest BCUT2D eigenvalue weighted by molar-refractivity contribution is -0.384. The number of nitro groups is 1. The van der Waals surface area contributed by atoms with Gasteiger partial charge in [-0.2, -0.15) is 4.98 Å². The highest BCUT2D eigenvalue weighted by Crippen LogP contribution is 2.55. The number of piperazine rings is 1. The van der Waals surface area contributed by atoms with Crippen LogP contribution in [0.3, 0.4) is 0 Å². The maximum atomic E-state index is 15.0. The molecule has 3 aromatic heterocycles. The summed E-state index contributed by atoms with van der Waals surface area (Å²) in [4.78, 5) is 57.9. The summed E-state index contributed by atoms with van der Waals surface area (Å²) in [6.45, 7) is 15.9. The van der Waals surface area contributed by atoms with Gasteiger partial charge in [0.25, 0.3) is 27.2 Å². The van der Waals surface area contributed by atoms with Crippen LogP contribution in [0.4, 0.5) is 28.4 Å². The second-order valence-electron chi connectivity index (χ2n) is 25.9. The van der Waals surface area contributed by atoms with Crippen LogP contribution in [-0.2, 0) is 32.0 Å². The second-order valence-corrected chi connectivity index (χ2v) is 27.6. The largest absolute Gasteiger partial charge is 0.489 e. The zero-order chi connectivity index (χ0) is 59.4. The molecule has 3 N–H and O–H groups in total. The zero-order valence-electron chi connectivity index (χ0n) is 49.5. The molecule has 86 heavy (non-hydrogen) atoms. The third-order valence-electron chi connectivity index (χ3n) is 20.5. The van der Waals surface area contributed by atoms with Crippen molar-refractivity contribution in [3.05, 3.63) is 127 Å². The first-order valence-electron chi connectivity index (χ1n) is 30.6. The van der Waals surface area contributed by atoms with Crippen LogP contribution in [0.5, 0.6) is 17.4 Å². The zero-order valence-corrected chi connectivity index (χ0v) is 50.3. The molecule has 7 aliphatic heterocycles. The molecule has 0 radical (unpaired) electrons. The van der Waals surface area contributed by atoms with Crippen molar-refractivity contribution in [3.8, 4) is 17.4 Å². The number of carbonyl (C=O) groups is 1. The Morgan fingerprint density at radius 1 is 0.907 bits per heavy atom. The minimum absolute atomic E-state index is 0.0217. The van der Waals surface area contributed by atoms with Gasteiger partial charge in [-0.05, 0) is 129 Å². The monoisotopic (exact) mass is 1190 g/mol. The lowest BCUT2D eigenvalue weighted by Crippen LogP contribution is -2.60. The van der Waals surface area contributed by atoms with Crippen molar-refractivity contribution in [2.75, 3.05) is 87.5 Å². The highest BCUT2D eigenvalue weighted by Gasteiger charge is 2.51. The van der Waals surface area contributed by atoms with Gasteiger partial charge in [0.05, 0.1) is 46.4 Å². The average Bonchev–Trinajstić information content (AvgIpc) is 0.987. The molecule has 1 saturated carbocycles. The van der Waals surface area contributed by atoms with Crippen molar-refractivity contribution in [1.82, 2.24) is 29.1 Å². The van der Waals surface area contributed by atoms with Crippen molar-refractivity contribution >= 4 is 55.4 Å². The van der Waals surface area contributed by atoms with Crippen molar-refractivity contribution in [1.29, 1.82) is 0 Å². The number of amides is 1. The summed E-state index contributed by atoms with van der Waals surface area (Å²) in [7, 11) is -2.89. The highest BCUT2D eigenvalue weighted by molar-refractivity contribution is 7.90. The predicted molar refractivity (Wildman–Crippen MR) is 325 cm³/mol. The van der Waals surface area contributed by atoms with Gasteiger partial charge < -0.3 is 48.4 Å². The van der Waals surface area contributed by atoms with E-state index in [9.17, 15) is 28.1 Å². The molecule has 5 fully saturated rings. The first-order chi connectivity index (χ1) is 41.4. The summed E-state index contributed by atoms with van der Waals surface area (Å²) in [6.07, 6.45) is 10.5. The quantitative estimate of drug-likeness (QED) is 0.0813. The molecular formula is C64H76N10O11S. The lowest BCUT2D eigenvalue weighted by Gasteiger charge is -2.58. The normalized spacial score (nSPS) is 24.4. The summed E-state index contributed by atoms with van der Waals surface area (Å²) < 4.78 is 63.3. The van der Waals surface area contributed by atoms with Crippen molar-refractivity contribution in [2.45, 2.75) is 126 Å². The molecule has 4 saturated heterocycles. The van der Waals surface area contributed by atoms with Gasteiger partial charge in [-0.3, -0.25) is 29.5 Å². The molecule has 5 atom stereocenters. The number of ether oxygens (including phenoxy) is 5. The van der Waals surface area contributed by atoms with Gasteiger partial charge in [-0.1, -0.05) is 38.1 Å². The Hall–Kier alpha value is -7.24. The number of anilines is 4. The highest BCUT2D eigenvalue weighted by atomic mass is 32.2. The average molecular weight is 1190 g/mol. The summed E-state index contributed by atoms with van der Waals surface area (Å²) >= 11 is 0. The molecular weight excluding hydrogens is 1120 g/mol. The number of nitro benzene ring substituents is 1. The smallest absolute Gasteiger partial charge is 0.297 e. The number of benzene rings is 3. The van der Waals surface area contributed by atoms with Gasteiger partial charge in [0.15, 0.2) is 17.2 Å². The fraction of sp³-hybridized carbons (Fsp3) is 0.516. The van der Waals surface area contributed by atoms with Gasteiger partial charge in [0, 0.05) is 119 Å². The Kier molecular flexibility index (Phi) is 14.4. The number of aromatic amines is 1. The minimum Gasteiger partial charge on any atom is -0.489 e. The van der Waals surface area contributed by atoms with Crippen LogP contribution in [-0.4, -0.2) is 140 Å². The molecule has 1 amide bonds. The molecule has 454 valence electrons. The fourth-order valence-corrected chi connectivity index (χ4v) is 16.5. The molecule has 0 bridgehead atoms. The molecule has 1 spiro atoms. The number of nitrogens with zero attached hydrogens (tertiary/aromatic N) is 7. The van der Waals surface area contributed by atoms with Crippen molar-refractivity contribution in [3.63, 3.8) is 0 Å². The maximum absolute atomic E-state index is 15.0. The third-order valence-corrected chi connectivity index (χ3v) is 21.8. The number of sulfonamides is 1. The second kappa shape index (κ2) is 21.9. The molecule has 6 aromatic rings. The Bertz CT molecular complexity index is 3830. The molecule has 14 rings (SSSR count). The number of rotatable bonds is 11. The number of aryl methyl sites for hydroxylation is 2. The Balaban J connectivity index is 0.731. The van der Waals surface area contributed by atoms with Crippen LogP contribution in [0.25, 0.3) is 11.0 Å². The number of fused-ring (bicyclic) bond motifs is 5. The van der Waals surface area contributed by atoms with Crippen LogP contribution < -0.4 is 39.6 Å². The molecule has 10 heterocycles. The molecule has 21 nitrogen and oxygen atoms in total. The third kappa shape index (κ3) is 10.0. The van der Waals surface area contributed by atoms with Crippen molar-refractivity contribution < 1.29 is 41.8 Å². The van der Waals surface area contributed by atoms with Crippen LogP contribution in [0, 0.1) is 28.4 Å². The maximum Gasteiger partial charge on any atom is 0.297 e. The Morgan fingerprint density at radius 3 is 2.49 bits per heavy atom. The van der Waals surface area contributed by atoms with E-state index >= 15 is 0 Å². The van der Waals surface area contributed by atoms with Gasteiger partial charge in [0.1, 0.15) is 24.0 Å². The van der Waals surface area contributed by atoms with Gasteiger partial charge >= 0.3 is 0 Å². The lowest BCUT2D eigenvalue weighted by atomic mass is 9.59. The molecule has 22 heteroatoms. The number of pyridine rings is 2. The number of carbonyl (C=O) groups excluding carboxylic acids is 1. The van der Waals surface area contributed by atoms with Crippen LogP contribution in [0.15, 0.2) is 88.8 Å². The van der Waals surface area contributed by atoms with Crippen LogP contribution in [0.1, 0.15) is 117 Å². The molecule has 3 aromatic carbocycles. The SMILES string of the molecule is Cc1ccccc1[C@@H]1CN([C@@H](C)c2cn(C)c(=O)c3c2C(C)(C)CCO3)CCN1C1CC2(CCN(c3ccc(C(=O)NS(=O)(=O)c4cc5c(c([N+](=O)[O-])c4)N[C@H](C4CCOCC4)CO5)c(N4c5cc6cc[nH]c6nc5O[C@H]5COCC[C@@H]54)c3)CC2)C1. The van der Waals surface area contributed by atoms with E-state index in [1.807, 2.05) is 43.7 Å².